The van der Waals surface area contributed by atoms with Crippen LogP contribution in [0.1, 0.15) is 18.3 Å². The highest BCUT2D eigenvalue weighted by atomic mass is 35.5. The fraction of sp³-hybridized carbons (Fsp3) is 0.0625. The number of aromatic nitrogens is 4. The molecule has 0 amide bonds. The van der Waals surface area contributed by atoms with Crippen molar-refractivity contribution in [2.24, 2.45) is 0 Å². The molecule has 2 aromatic carbocycles. The fourth-order valence-corrected chi connectivity index (χ4v) is 2.13. The minimum Gasteiger partial charge on any atom is -0.130 e. The van der Waals surface area contributed by atoms with E-state index in [1.807, 2.05) is 61.5 Å². The number of rotatable bonds is 3. The van der Waals surface area contributed by atoms with Crippen LogP contribution in [0, 0.1) is 0 Å². The van der Waals surface area contributed by atoms with Gasteiger partial charge in [0.15, 0.2) is 0 Å². The van der Waals surface area contributed by atoms with Gasteiger partial charge < -0.3 is 0 Å². The SMILES string of the molecule is C/C(=C/c1ccccc1)c1nnn(-c2cccc(Cl)c2)n1. The molecule has 0 spiro atoms. The second-order valence-electron chi connectivity index (χ2n) is 4.62. The first-order valence-corrected chi connectivity index (χ1v) is 6.90. The smallest absolute Gasteiger partial charge is 0.130 e. The van der Waals surface area contributed by atoms with Gasteiger partial charge in [-0.25, -0.2) is 0 Å². The molecule has 3 rings (SSSR count). The Kier molecular flexibility index (Phi) is 3.79. The van der Waals surface area contributed by atoms with E-state index in [0.29, 0.717) is 10.8 Å². The van der Waals surface area contributed by atoms with Crippen LogP contribution in [-0.4, -0.2) is 20.2 Å². The Morgan fingerprint density at radius 1 is 1.10 bits per heavy atom. The van der Waals surface area contributed by atoms with Crippen molar-refractivity contribution in [3.63, 3.8) is 0 Å². The molecule has 0 bridgehead atoms. The van der Waals surface area contributed by atoms with Crippen LogP contribution in [-0.2, 0) is 0 Å². The largest absolute Gasteiger partial charge is 0.201 e. The van der Waals surface area contributed by atoms with Crippen LogP contribution in [0.3, 0.4) is 0 Å². The van der Waals surface area contributed by atoms with Crippen molar-refractivity contribution in [3.8, 4) is 5.69 Å². The van der Waals surface area contributed by atoms with Crippen LogP contribution >= 0.6 is 11.6 Å². The highest BCUT2D eigenvalue weighted by Crippen LogP contribution is 2.16. The molecule has 0 fully saturated rings. The topological polar surface area (TPSA) is 43.6 Å². The van der Waals surface area contributed by atoms with Gasteiger partial charge in [-0.15, -0.1) is 15.0 Å². The molecule has 3 aromatic rings. The first-order chi connectivity index (χ1) is 10.2. The van der Waals surface area contributed by atoms with E-state index in [1.165, 1.54) is 4.80 Å². The third-order valence-electron chi connectivity index (χ3n) is 2.99. The van der Waals surface area contributed by atoms with E-state index >= 15 is 0 Å². The molecule has 1 aromatic heterocycles. The molecule has 104 valence electrons. The second kappa shape index (κ2) is 5.89. The van der Waals surface area contributed by atoms with Crippen LogP contribution in [0.2, 0.25) is 5.02 Å². The predicted molar refractivity (Wildman–Crippen MR) is 84.2 cm³/mol. The summed E-state index contributed by atoms with van der Waals surface area (Å²) in [5.74, 6) is 0.596. The Morgan fingerprint density at radius 3 is 2.67 bits per heavy atom. The van der Waals surface area contributed by atoms with Crippen molar-refractivity contribution in [1.29, 1.82) is 0 Å². The molecule has 4 nitrogen and oxygen atoms in total. The van der Waals surface area contributed by atoms with Gasteiger partial charge in [0.2, 0.25) is 5.82 Å². The molecule has 0 aliphatic rings. The number of nitrogens with zero attached hydrogens (tertiary/aromatic N) is 4. The summed E-state index contributed by atoms with van der Waals surface area (Å²) in [6.45, 7) is 1.96. The van der Waals surface area contributed by atoms with Gasteiger partial charge in [-0.1, -0.05) is 48.0 Å². The number of hydrogen-bond acceptors (Lipinski definition) is 3. The average Bonchev–Trinajstić information content (AvgIpc) is 2.98. The van der Waals surface area contributed by atoms with Gasteiger partial charge in [0, 0.05) is 5.02 Å². The normalized spacial score (nSPS) is 11.6. The van der Waals surface area contributed by atoms with Crippen molar-refractivity contribution in [1.82, 2.24) is 20.2 Å². The number of allylic oxidation sites excluding steroid dienone is 1. The van der Waals surface area contributed by atoms with Crippen molar-refractivity contribution in [2.75, 3.05) is 0 Å². The molecule has 1 heterocycles. The quantitative estimate of drug-likeness (QED) is 0.737. The van der Waals surface area contributed by atoms with Crippen molar-refractivity contribution >= 4 is 23.3 Å². The highest BCUT2D eigenvalue weighted by molar-refractivity contribution is 6.30. The minimum atomic E-state index is 0.596. The first-order valence-electron chi connectivity index (χ1n) is 6.52. The van der Waals surface area contributed by atoms with Gasteiger partial charge in [0.25, 0.3) is 0 Å². The van der Waals surface area contributed by atoms with E-state index in [9.17, 15) is 0 Å². The standard InChI is InChI=1S/C16H13ClN4/c1-12(10-13-6-3-2-4-7-13)16-18-20-21(19-16)15-9-5-8-14(17)11-15/h2-11H,1H3/b12-10-. The van der Waals surface area contributed by atoms with Crippen molar-refractivity contribution in [2.45, 2.75) is 6.92 Å². The summed E-state index contributed by atoms with van der Waals surface area (Å²) in [4.78, 5) is 1.48. The molecule has 0 atom stereocenters. The summed E-state index contributed by atoms with van der Waals surface area (Å²) in [6, 6.07) is 17.4. The molecule has 0 unspecified atom stereocenters. The predicted octanol–water partition coefficient (Wildman–Crippen LogP) is 3.88. The lowest BCUT2D eigenvalue weighted by molar-refractivity contribution is 0.719. The van der Waals surface area contributed by atoms with Crippen LogP contribution < -0.4 is 0 Å². The molecule has 5 heteroatoms. The fourth-order valence-electron chi connectivity index (χ4n) is 1.95. The van der Waals surface area contributed by atoms with Gasteiger partial charge >= 0.3 is 0 Å². The van der Waals surface area contributed by atoms with E-state index in [0.717, 1.165) is 16.8 Å². The van der Waals surface area contributed by atoms with Gasteiger partial charge in [0.05, 0.1) is 5.69 Å². The van der Waals surface area contributed by atoms with Crippen LogP contribution in [0.25, 0.3) is 17.3 Å². The van der Waals surface area contributed by atoms with E-state index in [-0.39, 0.29) is 0 Å². The Hall–Kier alpha value is -2.46. The molecular formula is C16H13ClN4. The van der Waals surface area contributed by atoms with Crippen LogP contribution in [0.15, 0.2) is 54.6 Å². The second-order valence-corrected chi connectivity index (χ2v) is 5.06. The number of hydrogen-bond donors (Lipinski definition) is 0. The summed E-state index contributed by atoms with van der Waals surface area (Å²) in [5.41, 5.74) is 2.84. The molecule has 0 radical (unpaired) electrons. The summed E-state index contributed by atoms with van der Waals surface area (Å²) < 4.78 is 0. The molecule has 0 aliphatic heterocycles. The molecule has 0 saturated carbocycles. The lowest BCUT2D eigenvalue weighted by Crippen LogP contribution is -1.98. The summed E-state index contributed by atoms with van der Waals surface area (Å²) in [7, 11) is 0. The third kappa shape index (κ3) is 3.17. The van der Waals surface area contributed by atoms with Gasteiger partial charge in [-0.2, -0.15) is 0 Å². The highest BCUT2D eigenvalue weighted by Gasteiger charge is 2.07. The molecule has 0 aliphatic carbocycles. The van der Waals surface area contributed by atoms with E-state index < -0.39 is 0 Å². The first kappa shape index (κ1) is 13.5. The minimum absolute atomic E-state index is 0.596. The van der Waals surface area contributed by atoms with E-state index in [1.54, 1.807) is 6.07 Å². The molecule has 21 heavy (non-hydrogen) atoms. The van der Waals surface area contributed by atoms with Crippen molar-refractivity contribution < 1.29 is 0 Å². The Bertz CT molecular complexity index is 778. The Balaban J connectivity index is 1.90. The van der Waals surface area contributed by atoms with E-state index in [2.05, 4.69) is 15.4 Å². The van der Waals surface area contributed by atoms with Gasteiger partial charge in [-0.05, 0) is 47.5 Å². The number of benzene rings is 2. The maximum absolute atomic E-state index is 5.97. The van der Waals surface area contributed by atoms with Crippen LogP contribution in [0.5, 0.6) is 0 Å². The zero-order valence-corrected chi connectivity index (χ0v) is 12.2. The maximum atomic E-state index is 5.97. The Labute approximate surface area is 127 Å². The maximum Gasteiger partial charge on any atom is 0.201 e. The monoisotopic (exact) mass is 296 g/mol. The summed E-state index contributed by atoms with van der Waals surface area (Å²) in [5, 5.41) is 13.2. The number of tetrazole rings is 1. The van der Waals surface area contributed by atoms with E-state index in [4.69, 9.17) is 11.6 Å². The lowest BCUT2D eigenvalue weighted by atomic mass is 10.1. The number of halogens is 1. The average molecular weight is 297 g/mol. The van der Waals surface area contributed by atoms with Crippen molar-refractivity contribution in [3.05, 3.63) is 71.0 Å². The lowest BCUT2D eigenvalue weighted by Gasteiger charge is -1.98. The summed E-state index contributed by atoms with van der Waals surface area (Å²) in [6.07, 6.45) is 2.03. The molecular weight excluding hydrogens is 284 g/mol. The van der Waals surface area contributed by atoms with Crippen LogP contribution in [0.4, 0.5) is 0 Å². The zero-order valence-electron chi connectivity index (χ0n) is 11.4. The van der Waals surface area contributed by atoms with Gasteiger partial charge in [0.1, 0.15) is 0 Å². The molecule has 0 saturated heterocycles. The van der Waals surface area contributed by atoms with Gasteiger partial charge in [-0.3, -0.25) is 0 Å². The zero-order chi connectivity index (χ0) is 14.7. The molecule has 0 N–H and O–H groups in total. The summed E-state index contributed by atoms with van der Waals surface area (Å²) >= 11 is 5.97. The Morgan fingerprint density at radius 2 is 1.90 bits per heavy atom. The third-order valence-corrected chi connectivity index (χ3v) is 3.22.